The molecule has 0 aliphatic carbocycles. The van der Waals surface area contributed by atoms with E-state index in [9.17, 15) is 31.2 Å². The second kappa shape index (κ2) is 12.8. The van der Waals surface area contributed by atoms with Gasteiger partial charge in [0.2, 0.25) is 21.8 Å². The molecule has 0 fully saturated rings. The summed E-state index contributed by atoms with van der Waals surface area (Å²) in [4.78, 5) is 27.5. The number of hydrogen-bond donors (Lipinski definition) is 1. The highest BCUT2D eigenvalue weighted by molar-refractivity contribution is 7.92. The smallest absolute Gasteiger partial charge is 0.354 e. The van der Waals surface area contributed by atoms with Crippen LogP contribution in [0.15, 0.2) is 36.4 Å². The number of halogens is 6. The Bertz CT molecular complexity index is 1270. The summed E-state index contributed by atoms with van der Waals surface area (Å²) < 4.78 is 65.8. The lowest BCUT2D eigenvalue weighted by molar-refractivity contribution is -0.139. The van der Waals surface area contributed by atoms with Gasteiger partial charge in [-0.2, -0.15) is 13.2 Å². The first-order valence-electron chi connectivity index (χ1n) is 11.3. The summed E-state index contributed by atoms with van der Waals surface area (Å²) in [7, 11) is -4.31. The normalized spacial score (nSPS) is 12.8. The zero-order chi connectivity index (χ0) is 29.0. The minimum atomic E-state index is -4.79. The molecule has 1 N–H and O–H groups in total. The topological polar surface area (TPSA) is 86.8 Å². The van der Waals surface area contributed by atoms with Gasteiger partial charge in [-0.3, -0.25) is 13.9 Å². The Hall–Kier alpha value is -2.21. The van der Waals surface area contributed by atoms with Crippen LogP contribution in [0.5, 0.6) is 0 Å². The molecule has 2 amide bonds. The first kappa shape index (κ1) is 32.0. The number of carbonyl (C=O) groups excluding carboxylic acids is 2. The number of sulfonamides is 1. The lowest BCUT2D eigenvalue weighted by Crippen LogP contribution is -2.51. The quantitative estimate of drug-likeness (QED) is 0.376. The fraction of sp³-hybridized carbons (Fsp3) is 0.417. The molecule has 0 radical (unpaired) electrons. The van der Waals surface area contributed by atoms with Gasteiger partial charge < -0.3 is 10.2 Å². The Morgan fingerprint density at radius 3 is 2.08 bits per heavy atom. The van der Waals surface area contributed by atoms with Gasteiger partial charge in [0.05, 0.1) is 22.5 Å². The molecule has 0 bridgehead atoms. The average Bonchev–Trinajstić information content (AvgIpc) is 2.79. The minimum absolute atomic E-state index is 0.108. The third-order valence-electron chi connectivity index (χ3n) is 5.46. The first-order chi connectivity index (χ1) is 17.4. The molecule has 7 nitrogen and oxygen atoms in total. The van der Waals surface area contributed by atoms with Gasteiger partial charge in [0.1, 0.15) is 12.6 Å². The summed E-state index contributed by atoms with van der Waals surface area (Å²) in [5, 5.41) is 2.78. The highest BCUT2D eigenvalue weighted by Gasteiger charge is 2.35. The highest BCUT2D eigenvalue weighted by atomic mass is 35.5. The summed E-state index contributed by atoms with van der Waals surface area (Å²) in [6, 6.07) is 5.66. The minimum Gasteiger partial charge on any atom is -0.354 e. The number of carbonyl (C=O) groups is 2. The highest BCUT2D eigenvalue weighted by Crippen LogP contribution is 2.36. The molecule has 0 aliphatic rings. The molecular weight excluding hydrogens is 590 g/mol. The second-order valence-corrected chi connectivity index (χ2v) is 12.1. The number of rotatable bonds is 10. The van der Waals surface area contributed by atoms with Crippen LogP contribution in [0, 0.1) is 5.92 Å². The van der Waals surface area contributed by atoms with Crippen LogP contribution in [-0.2, 0) is 32.3 Å². The van der Waals surface area contributed by atoms with Crippen LogP contribution in [0.2, 0.25) is 15.1 Å². The van der Waals surface area contributed by atoms with E-state index in [-0.39, 0.29) is 27.5 Å². The Morgan fingerprint density at radius 2 is 1.58 bits per heavy atom. The molecule has 1 atom stereocenters. The van der Waals surface area contributed by atoms with Crippen LogP contribution in [-0.4, -0.2) is 50.5 Å². The third kappa shape index (κ3) is 8.39. The third-order valence-corrected chi connectivity index (χ3v) is 7.62. The van der Waals surface area contributed by atoms with Crippen molar-refractivity contribution in [3.05, 3.63) is 62.6 Å². The molecule has 2 aromatic carbocycles. The number of anilines is 1. The predicted molar refractivity (Wildman–Crippen MR) is 143 cm³/mol. The molecule has 0 aromatic heterocycles. The number of amides is 2. The molecule has 0 aliphatic heterocycles. The van der Waals surface area contributed by atoms with Crippen molar-refractivity contribution in [3.63, 3.8) is 0 Å². The van der Waals surface area contributed by atoms with E-state index in [4.69, 9.17) is 34.8 Å². The van der Waals surface area contributed by atoms with Crippen molar-refractivity contribution in [1.82, 2.24) is 10.2 Å². The van der Waals surface area contributed by atoms with Crippen LogP contribution in [0.25, 0.3) is 0 Å². The van der Waals surface area contributed by atoms with Crippen LogP contribution < -0.4 is 9.62 Å². The van der Waals surface area contributed by atoms with Gasteiger partial charge in [0.15, 0.2) is 0 Å². The van der Waals surface area contributed by atoms with Crippen LogP contribution in [0.4, 0.5) is 18.9 Å². The van der Waals surface area contributed by atoms with E-state index in [0.29, 0.717) is 28.5 Å². The van der Waals surface area contributed by atoms with Crippen LogP contribution in [0.1, 0.15) is 31.9 Å². The lowest BCUT2D eigenvalue weighted by Gasteiger charge is -2.32. The van der Waals surface area contributed by atoms with E-state index in [0.717, 1.165) is 17.2 Å². The van der Waals surface area contributed by atoms with Gasteiger partial charge in [-0.15, -0.1) is 0 Å². The summed E-state index contributed by atoms with van der Waals surface area (Å²) >= 11 is 18.6. The average molecular weight is 617 g/mol. The summed E-state index contributed by atoms with van der Waals surface area (Å²) in [5.74, 6) is -1.32. The molecule has 2 aromatic rings. The molecule has 0 saturated carbocycles. The molecule has 210 valence electrons. The molecule has 0 heterocycles. The first-order valence-corrected chi connectivity index (χ1v) is 14.3. The number of nitrogens with one attached hydrogen (secondary N) is 1. The van der Waals surface area contributed by atoms with Crippen molar-refractivity contribution in [2.24, 2.45) is 5.92 Å². The van der Waals surface area contributed by atoms with Crippen LogP contribution >= 0.6 is 34.8 Å². The molecule has 38 heavy (non-hydrogen) atoms. The van der Waals surface area contributed by atoms with Gasteiger partial charge in [0, 0.05) is 28.7 Å². The number of benzene rings is 2. The Labute approximate surface area is 234 Å². The van der Waals surface area contributed by atoms with E-state index in [1.54, 1.807) is 6.07 Å². The number of nitrogens with zero attached hydrogens (tertiary/aromatic N) is 2. The van der Waals surface area contributed by atoms with Crippen molar-refractivity contribution >= 4 is 62.3 Å². The summed E-state index contributed by atoms with van der Waals surface area (Å²) in [5.41, 5.74) is -1.39. The monoisotopic (exact) mass is 615 g/mol. The fourth-order valence-corrected chi connectivity index (χ4v) is 5.00. The van der Waals surface area contributed by atoms with Gasteiger partial charge in [0.25, 0.3) is 0 Å². The Balaban J connectivity index is 2.54. The molecule has 0 saturated heterocycles. The lowest BCUT2D eigenvalue weighted by atomic mass is 10.1. The van der Waals surface area contributed by atoms with Crippen molar-refractivity contribution in [1.29, 1.82) is 0 Å². The van der Waals surface area contributed by atoms with E-state index in [2.05, 4.69) is 5.32 Å². The van der Waals surface area contributed by atoms with Crippen molar-refractivity contribution in [2.45, 2.75) is 39.5 Å². The second-order valence-electron chi connectivity index (χ2n) is 8.97. The van der Waals surface area contributed by atoms with Gasteiger partial charge >= 0.3 is 6.18 Å². The maximum atomic E-state index is 13.6. The molecule has 0 spiro atoms. The molecule has 14 heteroatoms. The predicted octanol–water partition coefficient (Wildman–Crippen LogP) is 5.62. The van der Waals surface area contributed by atoms with E-state index in [1.807, 2.05) is 13.8 Å². The standard InChI is InChI=1S/C24H27Cl3F3N3O4S/c1-14(2)11-31-23(35)15(3)32(12-17-18(25)6-5-7-19(17)26)22(34)13-33(38(4,36)37)21-10-16(24(28,29)30)8-9-20(21)27/h5-10,14-15H,11-13H2,1-4H3,(H,31,35)/t15-/m1/s1. The van der Waals surface area contributed by atoms with E-state index < -0.39 is 51.9 Å². The van der Waals surface area contributed by atoms with Crippen LogP contribution in [0.3, 0.4) is 0 Å². The zero-order valence-electron chi connectivity index (χ0n) is 20.9. The van der Waals surface area contributed by atoms with Gasteiger partial charge in [-0.25, -0.2) is 8.42 Å². The molecule has 0 unspecified atom stereocenters. The van der Waals surface area contributed by atoms with E-state index in [1.165, 1.54) is 19.1 Å². The molecular formula is C24H27Cl3F3N3O4S. The van der Waals surface area contributed by atoms with Crippen molar-refractivity contribution < 1.29 is 31.2 Å². The maximum absolute atomic E-state index is 13.6. The van der Waals surface area contributed by atoms with Crippen molar-refractivity contribution in [2.75, 3.05) is 23.7 Å². The summed E-state index contributed by atoms with van der Waals surface area (Å²) in [6.45, 7) is 4.28. The van der Waals surface area contributed by atoms with Gasteiger partial charge in [-0.05, 0) is 43.2 Å². The largest absolute Gasteiger partial charge is 0.416 e. The Kier molecular flexibility index (Phi) is 10.7. The zero-order valence-corrected chi connectivity index (χ0v) is 24.0. The molecule has 2 rings (SSSR count). The Morgan fingerprint density at radius 1 is 1.00 bits per heavy atom. The number of hydrogen-bond acceptors (Lipinski definition) is 4. The fourth-order valence-electron chi connectivity index (χ4n) is 3.36. The van der Waals surface area contributed by atoms with Gasteiger partial charge in [-0.1, -0.05) is 54.7 Å². The SMILES string of the molecule is CC(C)CNC(=O)[C@@H](C)N(Cc1c(Cl)cccc1Cl)C(=O)CN(c1cc(C(F)(F)F)ccc1Cl)S(C)(=O)=O. The van der Waals surface area contributed by atoms with Crippen molar-refractivity contribution in [3.8, 4) is 0 Å². The van der Waals surface area contributed by atoms with E-state index >= 15 is 0 Å². The maximum Gasteiger partial charge on any atom is 0.416 e. The number of alkyl halides is 3. The summed E-state index contributed by atoms with van der Waals surface area (Å²) in [6.07, 6.45) is -4.06.